The summed E-state index contributed by atoms with van der Waals surface area (Å²) in [7, 11) is 0. The van der Waals surface area contributed by atoms with E-state index in [0.717, 1.165) is 38.6 Å². The molecule has 2 N–H and O–H groups in total. The van der Waals surface area contributed by atoms with Gasteiger partial charge in [-0.15, -0.1) is 0 Å². The summed E-state index contributed by atoms with van der Waals surface area (Å²) in [4.78, 5) is 19.5. The van der Waals surface area contributed by atoms with E-state index in [0.29, 0.717) is 18.3 Å². The van der Waals surface area contributed by atoms with Gasteiger partial charge in [0.15, 0.2) is 10.6 Å². The summed E-state index contributed by atoms with van der Waals surface area (Å²) >= 11 is 1.53. The number of nitrogens with one attached hydrogen (secondary N) is 1. The number of aliphatic hydroxyl groups excluding tert-OH is 1. The molecule has 0 amide bonds. The zero-order valence-electron chi connectivity index (χ0n) is 18.0. The SMILES string of the molecule is CC.CC.CCc1nc2ccccc2n1-c1nc(NCCO)c2nc(C)sc2n1. The molecule has 156 valence electrons. The molecule has 0 spiro atoms. The zero-order chi connectivity index (χ0) is 21.4. The molecule has 0 unspecified atom stereocenters. The standard InChI is InChI=1S/C17H18N6OS.2C2H6/c1-3-13-20-11-6-4-5-7-12(11)23(13)17-21-15(18-8-9-24)14-16(22-17)25-10(2)19-14;2*1-2/h4-7,24H,3,8-9H2,1-2H3,(H,18,21,22);2*1-2H3. The van der Waals surface area contributed by atoms with Crippen LogP contribution in [0.4, 0.5) is 5.82 Å². The summed E-state index contributed by atoms with van der Waals surface area (Å²) in [5.74, 6) is 2.12. The number of aliphatic hydroxyl groups is 1. The second-order valence-electron chi connectivity index (χ2n) is 5.61. The summed E-state index contributed by atoms with van der Waals surface area (Å²) < 4.78 is 1.99. The number of para-hydroxylation sites is 2. The van der Waals surface area contributed by atoms with Crippen molar-refractivity contribution < 1.29 is 5.11 Å². The number of imidazole rings is 1. The molecule has 0 saturated carbocycles. The predicted molar refractivity (Wildman–Crippen MR) is 122 cm³/mol. The van der Waals surface area contributed by atoms with Crippen molar-refractivity contribution >= 4 is 38.5 Å². The normalized spacial score (nSPS) is 10.3. The summed E-state index contributed by atoms with van der Waals surface area (Å²) in [6, 6.07) is 7.98. The topological polar surface area (TPSA) is 88.8 Å². The highest BCUT2D eigenvalue weighted by atomic mass is 32.1. The molecule has 0 saturated heterocycles. The van der Waals surface area contributed by atoms with E-state index < -0.39 is 0 Å². The molecule has 7 nitrogen and oxygen atoms in total. The number of anilines is 1. The van der Waals surface area contributed by atoms with Gasteiger partial charge in [0, 0.05) is 13.0 Å². The predicted octanol–water partition coefficient (Wildman–Crippen LogP) is 4.75. The molecule has 0 aliphatic rings. The van der Waals surface area contributed by atoms with Crippen LogP contribution in [0.15, 0.2) is 24.3 Å². The van der Waals surface area contributed by atoms with Crippen molar-refractivity contribution in [1.29, 1.82) is 0 Å². The minimum absolute atomic E-state index is 0.0260. The van der Waals surface area contributed by atoms with E-state index in [2.05, 4.69) is 22.2 Å². The maximum Gasteiger partial charge on any atom is 0.239 e. The second-order valence-corrected chi connectivity index (χ2v) is 6.80. The van der Waals surface area contributed by atoms with Crippen LogP contribution in [0.2, 0.25) is 0 Å². The highest BCUT2D eigenvalue weighted by molar-refractivity contribution is 7.18. The lowest BCUT2D eigenvalue weighted by Crippen LogP contribution is -2.11. The molecule has 0 radical (unpaired) electrons. The van der Waals surface area contributed by atoms with Crippen LogP contribution < -0.4 is 5.32 Å². The minimum Gasteiger partial charge on any atom is -0.395 e. The quantitative estimate of drug-likeness (QED) is 0.490. The summed E-state index contributed by atoms with van der Waals surface area (Å²) in [5, 5.41) is 13.2. The van der Waals surface area contributed by atoms with Gasteiger partial charge in [-0.25, -0.2) is 9.97 Å². The van der Waals surface area contributed by atoms with Crippen molar-refractivity contribution in [2.45, 2.75) is 48.0 Å². The molecule has 4 aromatic rings. The first kappa shape index (κ1) is 22.7. The Morgan fingerprint density at radius 3 is 2.45 bits per heavy atom. The van der Waals surface area contributed by atoms with Crippen molar-refractivity contribution in [3.05, 3.63) is 35.1 Å². The van der Waals surface area contributed by atoms with Gasteiger partial charge in [0.05, 0.1) is 22.6 Å². The van der Waals surface area contributed by atoms with Crippen LogP contribution in [0.25, 0.3) is 27.3 Å². The summed E-state index contributed by atoms with van der Waals surface area (Å²) in [6.45, 7) is 12.5. The van der Waals surface area contributed by atoms with Crippen LogP contribution in [0.3, 0.4) is 0 Å². The van der Waals surface area contributed by atoms with Gasteiger partial charge in [-0.2, -0.15) is 9.97 Å². The zero-order valence-corrected chi connectivity index (χ0v) is 18.8. The van der Waals surface area contributed by atoms with E-state index in [4.69, 9.17) is 15.1 Å². The number of thiazole rings is 1. The average Bonchev–Trinajstić information content (AvgIpc) is 3.34. The Labute approximate surface area is 175 Å². The van der Waals surface area contributed by atoms with Gasteiger partial charge < -0.3 is 10.4 Å². The molecule has 4 rings (SSSR count). The van der Waals surface area contributed by atoms with Crippen molar-refractivity contribution in [3.8, 4) is 5.95 Å². The molecule has 1 aromatic carbocycles. The third-order valence-corrected chi connectivity index (χ3v) is 4.77. The van der Waals surface area contributed by atoms with Crippen LogP contribution >= 0.6 is 11.3 Å². The monoisotopic (exact) mass is 414 g/mol. The van der Waals surface area contributed by atoms with Gasteiger partial charge >= 0.3 is 0 Å². The van der Waals surface area contributed by atoms with Crippen LogP contribution in [0.5, 0.6) is 0 Å². The smallest absolute Gasteiger partial charge is 0.239 e. The van der Waals surface area contributed by atoms with Crippen molar-refractivity contribution in [3.63, 3.8) is 0 Å². The van der Waals surface area contributed by atoms with Gasteiger partial charge in [-0.1, -0.05) is 58.1 Å². The number of rotatable bonds is 5. The molecule has 29 heavy (non-hydrogen) atoms. The van der Waals surface area contributed by atoms with Gasteiger partial charge in [-0.05, 0) is 19.1 Å². The van der Waals surface area contributed by atoms with E-state index >= 15 is 0 Å². The van der Waals surface area contributed by atoms with Crippen LogP contribution in [-0.2, 0) is 6.42 Å². The average molecular weight is 415 g/mol. The Morgan fingerprint density at radius 2 is 1.76 bits per heavy atom. The third kappa shape index (κ3) is 4.71. The van der Waals surface area contributed by atoms with Crippen LogP contribution in [-0.4, -0.2) is 42.8 Å². The molecular weight excluding hydrogens is 384 g/mol. The Hall–Kier alpha value is -2.58. The highest BCUT2D eigenvalue weighted by Gasteiger charge is 2.17. The highest BCUT2D eigenvalue weighted by Crippen LogP contribution is 2.28. The molecule has 3 aromatic heterocycles. The summed E-state index contributed by atoms with van der Waals surface area (Å²) in [5.41, 5.74) is 2.64. The lowest BCUT2D eigenvalue weighted by Gasteiger charge is -2.10. The Bertz CT molecular complexity index is 1060. The molecule has 0 atom stereocenters. The lowest BCUT2D eigenvalue weighted by molar-refractivity contribution is 0.311. The van der Waals surface area contributed by atoms with E-state index in [-0.39, 0.29) is 6.61 Å². The molecule has 0 aliphatic heterocycles. The first-order chi connectivity index (χ1) is 14.2. The van der Waals surface area contributed by atoms with Gasteiger partial charge in [0.2, 0.25) is 5.95 Å². The fraction of sp³-hybridized carbons (Fsp3) is 0.429. The summed E-state index contributed by atoms with van der Waals surface area (Å²) in [6.07, 6.45) is 0.775. The molecule has 0 bridgehead atoms. The van der Waals surface area contributed by atoms with E-state index in [9.17, 15) is 0 Å². The molecule has 8 heteroatoms. The van der Waals surface area contributed by atoms with Gasteiger partial charge in [0.25, 0.3) is 0 Å². The molecule has 0 fully saturated rings. The first-order valence-electron chi connectivity index (χ1n) is 10.2. The molecular formula is C21H30N6OS. The Balaban J connectivity index is 0.000000707. The lowest BCUT2D eigenvalue weighted by atomic mass is 10.3. The van der Waals surface area contributed by atoms with Crippen LogP contribution in [0, 0.1) is 6.92 Å². The third-order valence-electron chi connectivity index (χ3n) is 3.90. The number of hydrogen-bond acceptors (Lipinski definition) is 7. The number of aromatic nitrogens is 5. The van der Waals surface area contributed by atoms with Gasteiger partial charge in [-0.3, -0.25) is 4.57 Å². The molecule has 0 aliphatic carbocycles. The first-order valence-corrected chi connectivity index (χ1v) is 11.0. The Morgan fingerprint density at radius 1 is 1.03 bits per heavy atom. The number of nitrogens with zero attached hydrogens (tertiary/aromatic N) is 5. The molecule has 3 heterocycles. The number of benzene rings is 1. The van der Waals surface area contributed by atoms with E-state index in [1.165, 1.54) is 11.3 Å². The van der Waals surface area contributed by atoms with Gasteiger partial charge in [0.1, 0.15) is 11.3 Å². The van der Waals surface area contributed by atoms with Crippen LogP contribution in [0.1, 0.15) is 45.5 Å². The maximum atomic E-state index is 9.14. The van der Waals surface area contributed by atoms with E-state index in [1.54, 1.807) is 0 Å². The van der Waals surface area contributed by atoms with E-state index in [1.807, 2.05) is 63.5 Å². The fourth-order valence-electron chi connectivity index (χ4n) is 2.85. The number of aryl methyl sites for hydroxylation is 2. The van der Waals surface area contributed by atoms with Crippen molar-refractivity contribution in [1.82, 2.24) is 24.5 Å². The van der Waals surface area contributed by atoms with Crippen molar-refractivity contribution in [2.24, 2.45) is 0 Å². The van der Waals surface area contributed by atoms with Crippen molar-refractivity contribution in [2.75, 3.05) is 18.5 Å². The number of hydrogen-bond donors (Lipinski definition) is 2. The minimum atomic E-state index is 0.0260. The fourth-order valence-corrected chi connectivity index (χ4v) is 3.63. The number of fused-ring (bicyclic) bond motifs is 2. The largest absolute Gasteiger partial charge is 0.395 e. The maximum absolute atomic E-state index is 9.14. The Kier molecular flexibility index (Phi) is 8.48. The second kappa shape index (κ2) is 10.8.